The number of amides is 1. The number of benzene rings is 2. The number of rotatable bonds is 13. The lowest BCUT2D eigenvalue weighted by atomic mass is 9.96. The zero-order chi connectivity index (χ0) is 34.8. The van der Waals surface area contributed by atoms with Gasteiger partial charge in [-0.2, -0.15) is 5.06 Å². The summed E-state index contributed by atoms with van der Waals surface area (Å²) >= 11 is 0. The molecule has 0 unspecified atom stereocenters. The van der Waals surface area contributed by atoms with Crippen LogP contribution in [0, 0.1) is 13.8 Å². The third-order valence-electron chi connectivity index (χ3n) is 9.83. The van der Waals surface area contributed by atoms with Gasteiger partial charge in [-0.25, -0.2) is 13.4 Å². The van der Waals surface area contributed by atoms with Gasteiger partial charge in [-0.05, 0) is 62.3 Å². The van der Waals surface area contributed by atoms with E-state index < -0.39 is 21.2 Å². The predicted octanol–water partition coefficient (Wildman–Crippen LogP) is 4.67. The summed E-state index contributed by atoms with van der Waals surface area (Å²) < 4.78 is 30.5. The third kappa shape index (κ3) is 7.13. The highest BCUT2D eigenvalue weighted by atomic mass is 32.2. The molecule has 6 rings (SSSR count). The Labute approximate surface area is 288 Å². The van der Waals surface area contributed by atoms with Gasteiger partial charge in [0.1, 0.15) is 17.0 Å². The standard InChI is InChI=1S/C36H46N6O6S/c1-4-5-12-32-39-36(15-8-9-16-36)34(45)42(32)21-27-13-14-29(28(19-27)22-41-18-17-35(23-43,24-44)48-41)30-10-6-7-11-31(30)49(46,47)40-33-26(3)37-20-25(2)38-33/h6-7,10-11,13-14,19-20,43-44H,4-5,8-9,12,15-18,21-24H2,1-3H3,(H,38,40). The second-order valence-electron chi connectivity index (χ2n) is 13.5. The molecule has 1 saturated heterocycles. The number of aromatic nitrogens is 2. The molecule has 1 amide bonds. The predicted molar refractivity (Wildman–Crippen MR) is 186 cm³/mol. The molecular formula is C36H46N6O6S. The van der Waals surface area contributed by atoms with E-state index in [9.17, 15) is 23.4 Å². The van der Waals surface area contributed by atoms with Gasteiger partial charge in [-0.1, -0.05) is 62.6 Å². The van der Waals surface area contributed by atoms with Crippen LogP contribution < -0.4 is 4.72 Å². The number of nitrogens with one attached hydrogen (secondary N) is 1. The van der Waals surface area contributed by atoms with Gasteiger partial charge in [-0.3, -0.25) is 29.2 Å². The number of anilines is 1. The Balaban J connectivity index is 1.38. The molecule has 3 aliphatic rings. The number of hydroxylamine groups is 2. The summed E-state index contributed by atoms with van der Waals surface area (Å²) in [7, 11) is -4.10. The average molecular weight is 691 g/mol. The number of carbonyl (C=O) groups excluding carboxylic acids is 1. The van der Waals surface area contributed by atoms with Crippen LogP contribution in [0.5, 0.6) is 0 Å². The quantitative estimate of drug-likeness (QED) is 0.232. The van der Waals surface area contributed by atoms with Crippen molar-refractivity contribution in [2.45, 2.75) is 101 Å². The topological polar surface area (TPSA) is 158 Å². The number of amidine groups is 1. The Hall–Kier alpha value is -3.75. The summed E-state index contributed by atoms with van der Waals surface area (Å²) in [5, 5.41) is 21.6. The number of aliphatic hydroxyl groups is 2. The number of carbonyl (C=O) groups is 1. The van der Waals surface area contributed by atoms with Crippen molar-refractivity contribution in [3.05, 3.63) is 71.2 Å². The Kier molecular flexibility index (Phi) is 10.2. The maximum Gasteiger partial charge on any atom is 0.263 e. The second-order valence-corrected chi connectivity index (χ2v) is 15.2. The molecule has 3 heterocycles. The van der Waals surface area contributed by atoms with Crippen LogP contribution in [0.2, 0.25) is 0 Å². The van der Waals surface area contributed by atoms with E-state index in [1.165, 1.54) is 0 Å². The third-order valence-corrected chi connectivity index (χ3v) is 11.2. The van der Waals surface area contributed by atoms with Crippen LogP contribution in [-0.4, -0.2) is 81.2 Å². The SMILES string of the molecule is CCCCC1=NC2(CCCC2)C(=O)N1Cc1ccc(-c2ccccc2S(=O)(=O)Nc2nc(C)cnc2C)c(CN2CCC(CO)(CO)O2)c1. The molecular weight excluding hydrogens is 644 g/mol. The Morgan fingerprint density at radius 1 is 1.00 bits per heavy atom. The molecule has 1 aliphatic carbocycles. The van der Waals surface area contributed by atoms with Crippen LogP contribution in [-0.2, 0) is 32.7 Å². The number of hydrogen-bond donors (Lipinski definition) is 3. The zero-order valence-electron chi connectivity index (χ0n) is 28.5. The maximum absolute atomic E-state index is 13.9. The van der Waals surface area contributed by atoms with Gasteiger partial charge in [0.25, 0.3) is 15.9 Å². The van der Waals surface area contributed by atoms with Gasteiger partial charge in [0, 0.05) is 31.3 Å². The van der Waals surface area contributed by atoms with Crippen molar-refractivity contribution in [2.24, 2.45) is 4.99 Å². The van der Waals surface area contributed by atoms with Crippen molar-refractivity contribution in [1.29, 1.82) is 0 Å². The van der Waals surface area contributed by atoms with Crippen LogP contribution in [0.3, 0.4) is 0 Å². The first-order valence-corrected chi connectivity index (χ1v) is 18.6. The van der Waals surface area contributed by atoms with E-state index in [-0.39, 0.29) is 36.4 Å². The number of aryl methyl sites for hydroxylation is 2. The molecule has 0 bridgehead atoms. The number of unbranched alkanes of at least 4 members (excludes halogenated alkanes) is 1. The molecule has 2 aromatic carbocycles. The maximum atomic E-state index is 13.9. The van der Waals surface area contributed by atoms with E-state index in [0.717, 1.165) is 61.9 Å². The molecule has 3 aromatic rings. The fourth-order valence-corrected chi connectivity index (χ4v) is 8.30. The molecule has 2 aliphatic heterocycles. The van der Waals surface area contributed by atoms with E-state index in [2.05, 4.69) is 21.6 Å². The summed E-state index contributed by atoms with van der Waals surface area (Å²) in [4.78, 5) is 35.5. The van der Waals surface area contributed by atoms with Crippen LogP contribution >= 0.6 is 0 Å². The van der Waals surface area contributed by atoms with Crippen molar-refractivity contribution in [3.8, 4) is 11.1 Å². The normalized spacial score (nSPS) is 18.8. The fourth-order valence-electron chi connectivity index (χ4n) is 7.02. The molecule has 262 valence electrons. The van der Waals surface area contributed by atoms with E-state index in [0.29, 0.717) is 42.0 Å². The molecule has 12 nitrogen and oxygen atoms in total. The second kappa shape index (κ2) is 14.2. The van der Waals surface area contributed by atoms with Crippen molar-refractivity contribution < 1.29 is 28.3 Å². The summed E-state index contributed by atoms with van der Waals surface area (Å²) in [5.41, 5.74) is 2.11. The van der Waals surface area contributed by atoms with E-state index in [4.69, 9.17) is 9.83 Å². The first-order valence-electron chi connectivity index (χ1n) is 17.1. The Bertz CT molecular complexity index is 1840. The average Bonchev–Trinajstić information content (AvgIpc) is 3.81. The lowest BCUT2D eigenvalue weighted by Gasteiger charge is -2.26. The van der Waals surface area contributed by atoms with E-state index in [1.807, 2.05) is 23.1 Å². The van der Waals surface area contributed by atoms with Crippen molar-refractivity contribution >= 4 is 27.6 Å². The monoisotopic (exact) mass is 690 g/mol. The summed E-state index contributed by atoms with van der Waals surface area (Å²) in [6.45, 7) is 5.96. The molecule has 49 heavy (non-hydrogen) atoms. The van der Waals surface area contributed by atoms with Crippen molar-refractivity contribution in [3.63, 3.8) is 0 Å². The Morgan fingerprint density at radius 3 is 2.47 bits per heavy atom. The molecule has 1 saturated carbocycles. The molecule has 2 fully saturated rings. The number of aliphatic hydroxyl groups excluding tert-OH is 2. The van der Waals surface area contributed by atoms with Gasteiger partial charge in [0.15, 0.2) is 5.82 Å². The highest BCUT2D eigenvalue weighted by molar-refractivity contribution is 7.92. The van der Waals surface area contributed by atoms with E-state index >= 15 is 0 Å². The van der Waals surface area contributed by atoms with Crippen LogP contribution in [0.25, 0.3) is 11.1 Å². The van der Waals surface area contributed by atoms with Gasteiger partial charge in [-0.15, -0.1) is 0 Å². The molecule has 0 atom stereocenters. The van der Waals surface area contributed by atoms with Crippen molar-refractivity contribution in [2.75, 3.05) is 24.5 Å². The van der Waals surface area contributed by atoms with Crippen LogP contribution in [0.15, 0.2) is 58.5 Å². The largest absolute Gasteiger partial charge is 0.393 e. The van der Waals surface area contributed by atoms with Crippen LogP contribution in [0.4, 0.5) is 5.82 Å². The number of hydrogen-bond acceptors (Lipinski definition) is 10. The van der Waals surface area contributed by atoms with E-state index in [1.54, 1.807) is 49.4 Å². The molecule has 1 spiro atoms. The molecule has 1 aromatic heterocycles. The van der Waals surface area contributed by atoms with Gasteiger partial charge in [0.2, 0.25) is 0 Å². The molecule has 3 N–H and O–H groups in total. The highest BCUT2D eigenvalue weighted by Crippen LogP contribution is 2.41. The minimum Gasteiger partial charge on any atom is -0.393 e. The summed E-state index contributed by atoms with van der Waals surface area (Å²) in [6, 6.07) is 12.6. The molecule has 13 heteroatoms. The first kappa shape index (κ1) is 35.1. The number of aliphatic imine (C=N–C) groups is 1. The number of sulfonamides is 1. The summed E-state index contributed by atoms with van der Waals surface area (Å²) in [6.07, 6.45) is 8.24. The van der Waals surface area contributed by atoms with Gasteiger partial charge < -0.3 is 10.2 Å². The lowest BCUT2D eigenvalue weighted by Crippen LogP contribution is -2.40. The Morgan fingerprint density at radius 2 is 1.76 bits per heavy atom. The van der Waals surface area contributed by atoms with Crippen LogP contribution in [0.1, 0.15) is 80.8 Å². The van der Waals surface area contributed by atoms with Gasteiger partial charge >= 0.3 is 0 Å². The van der Waals surface area contributed by atoms with Gasteiger partial charge in [0.05, 0.1) is 36.0 Å². The fraction of sp³-hybridized carbons (Fsp3) is 0.500. The first-order chi connectivity index (χ1) is 23.5. The number of nitrogens with zero attached hydrogens (tertiary/aromatic N) is 5. The zero-order valence-corrected chi connectivity index (χ0v) is 29.3. The van der Waals surface area contributed by atoms with Crippen molar-refractivity contribution in [1.82, 2.24) is 19.9 Å². The lowest BCUT2D eigenvalue weighted by molar-refractivity contribution is -0.222. The minimum atomic E-state index is -4.10. The minimum absolute atomic E-state index is 0.0670. The summed E-state index contributed by atoms with van der Waals surface area (Å²) in [5.74, 6) is 1.07. The highest BCUT2D eigenvalue weighted by Gasteiger charge is 2.49. The smallest absolute Gasteiger partial charge is 0.263 e. The molecule has 0 radical (unpaired) electrons.